The summed E-state index contributed by atoms with van der Waals surface area (Å²) in [4.78, 5) is 14.5. The molecule has 104 valence electrons. The van der Waals surface area contributed by atoms with Gasteiger partial charge in [0.15, 0.2) is 0 Å². The first-order valence-electron chi connectivity index (χ1n) is 6.11. The maximum absolute atomic E-state index is 12.2. The number of nitrogens with one attached hydrogen (secondary N) is 1. The van der Waals surface area contributed by atoms with Crippen LogP contribution in [0.4, 0.5) is 0 Å². The zero-order chi connectivity index (χ0) is 14.0. The van der Waals surface area contributed by atoms with Crippen LogP contribution in [0.5, 0.6) is 0 Å². The van der Waals surface area contributed by atoms with Gasteiger partial charge in [0.2, 0.25) is 0 Å². The molecule has 0 aromatic heterocycles. The van der Waals surface area contributed by atoms with Crippen LogP contribution in [0.2, 0.25) is 10.0 Å². The van der Waals surface area contributed by atoms with Gasteiger partial charge in [0.1, 0.15) is 0 Å². The summed E-state index contributed by atoms with van der Waals surface area (Å²) >= 11 is 15.4. The smallest absolute Gasteiger partial charge is 0.253 e. The first-order chi connectivity index (χ1) is 8.97. The second kappa shape index (κ2) is 6.44. The van der Waals surface area contributed by atoms with Crippen LogP contribution in [0.25, 0.3) is 0 Å². The second-order valence-electron chi connectivity index (χ2n) is 4.80. The van der Waals surface area contributed by atoms with Crippen LogP contribution in [0.1, 0.15) is 23.2 Å². The van der Waals surface area contributed by atoms with E-state index in [2.05, 4.69) is 33.2 Å². The molecule has 1 aromatic rings. The lowest BCUT2D eigenvalue weighted by Crippen LogP contribution is -2.43. The Labute approximate surface area is 131 Å². The molecule has 1 fully saturated rings. The second-order valence-corrected chi connectivity index (χ2v) is 6.47. The summed E-state index contributed by atoms with van der Waals surface area (Å²) in [6, 6.07) is 3.45. The molecule has 1 saturated heterocycles. The highest BCUT2D eigenvalue weighted by molar-refractivity contribution is 9.10. The lowest BCUT2D eigenvalue weighted by atomic mass is 10.0. The number of likely N-dealkylation sites (tertiary alicyclic amines) is 1. The third-order valence-corrected chi connectivity index (χ3v) is 4.82. The molecular weight excluding hydrogens is 351 g/mol. The van der Waals surface area contributed by atoms with Crippen molar-refractivity contribution in [3.05, 3.63) is 32.2 Å². The Kier molecular flexibility index (Phi) is 5.12. The summed E-state index contributed by atoms with van der Waals surface area (Å²) in [6.07, 6.45) is 1.92. The fourth-order valence-electron chi connectivity index (χ4n) is 2.11. The van der Waals surface area contributed by atoms with Gasteiger partial charge >= 0.3 is 0 Å². The van der Waals surface area contributed by atoms with E-state index in [1.54, 1.807) is 12.1 Å². The first kappa shape index (κ1) is 15.1. The number of carbonyl (C=O) groups is 1. The fraction of sp³-hybridized carbons (Fsp3) is 0.462. The third kappa shape index (κ3) is 3.85. The monoisotopic (exact) mass is 364 g/mol. The van der Waals surface area contributed by atoms with E-state index in [4.69, 9.17) is 23.2 Å². The minimum Gasteiger partial charge on any atom is -0.349 e. The number of hydrogen-bond donors (Lipinski definition) is 1. The molecule has 1 aromatic carbocycles. The van der Waals surface area contributed by atoms with Crippen LogP contribution in [-0.4, -0.2) is 37.0 Å². The van der Waals surface area contributed by atoms with Gasteiger partial charge in [0, 0.05) is 10.5 Å². The molecule has 0 bridgehead atoms. The molecule has 0 aliphatic carbocycles. The van der Waals surface area contributed by atoms with E-state index in [0.717, 1.165) is 25.9 Å². The molecule has 0 saturated carbocycles. The van der Waals surface area contributed by atoms with Crippen LogP contribution in [0.3, 0.4) is 0 Å². The molecule has 1 aliphatic heterocycles. The van der Waals surface area contributed by atoms with Crippen molar-refractivity contribution >= 4 is 45.0 Å². The van der Waals surface area contributed by atoms with E-state index in [9.17, 15) is 4.79 Å². The van der Waals surface area contributed by atoms with Gasteiger partial charge in [-0.15, -0.1) is 0 Å². The number of rotatable bonds is 2. The molecule has 1 amide bonds. The summed E-state index contributed by atoms with van der Waals surface area (Å²) in [6.45, 7) is 2.00. The normalized spacial score (nSPS) is 17.5. The van der Waals surface area contributed by atoms with Crippen molar-refractivity contribution in [3.8, 4) is 0 Å². The molecule has 1 N–H and O–H groups in total. The van der Waals surface area contributed by atoms with E-state index < -0.39 is 0 Å². The molecule has 19 heavy (non-hydrogen) atoms. The topological polar surface area (TPSA) is 32.3 Å². The van der Waals surface area contributed by atoms with Crippen molar-refractivity contribution in [1.29, 1.82) is 0 Å². The average Bonchev–Trinajstić information content (AvgIpc) is 2.36. The Morgan fingerprint density at radius 2 is 1.95 bits per heavy atom. The quantitative estimate of drug-likeness (QED) is 0.812. The van der Waals surface area contributed by atoms with E-state index in [1.807, 2.05) is 0 Å². The highest BCUT2D eigenvalue weighted by Crippen LogP contribution is 2.29. The van der Waals surface area contributed by atoms with Gasteiger partial charge in [-0.2, -0.15) is 0 Å². The molecular formula is C13H15BrCl2N2O. The van der Waals surface area contributed by atoms with Gasteiger partial charge < -0.3 is 10.2 Å². The summed E-state index contributed by atoms with van der Waals surface area (Å²) < 4.78 is 0.690. The number of benzene rings is 1. The lowest BCUT2D eigenvalue weighted by Gasteiger charge is -2.29. The molecule has 0 atom stereocenters. The number of nitrogens with zero attached hydrogens (tertiary/aromatic N) is 1. The van der Waals surface area contributed by atoms with Gasteiger partial charge in [0.25, 0.3) is 5.91 Å². The van der Waals surface area contributed by atoms with Gasteiger partial charge in [0.05, 0.1) is 15.6 Å². The van der Waals surface area contributed by atoms with Crippen molar-refractivity contribution in [1.82, 2.24) is 10.2 Å². The summed E-state index contributed by atoms with van der Waals surface area (Å²) in [5.41, 5.74) is 0.425. The highest BCUT2D eigenvalue weighted by atomic mass is 79.9. The zero-order valence-electron chi connectivity index (χ0n) is 10.5. The molecule has 0 radical (unpaired) electrons. The Hall–Kier alpha value is -0.290. The van der Waals surface area contributed by atoms with E-state index in [0.29, 0.717) is 20.1 Å². The maximum atomic E-state index is 12.2. The van der Waals surface area contributed by atoms with Crippen molar-refractivity contribution in [2.24, 2.45) is 0 Å². The Balaban J connectivity index is 2.06. The van der Waals surface area contributed by atoms with Crippen molar-refractivity contribution in [2.45, 2.75) is 18.9 Å². The Bertz CT molecular complexity index is 488. The molecule has 0 unspecified atom stereocenters. The van der Waals surface area contributed by atoms with Crippen LogP contribution < -0.4 is 5.32 Å². The predicted octanol–water partition coefficient (Wildman–Crippen LogP) is 3.58. The average molecular weight is 366 g/mol. The number of hydrogen-bond acceptors (Lipinski definition) is 2. The van der Waals surface area contributed by atoms with Gasteiger partial charge in [-0.3, -0.25) is 4.79 Å². The number of amides is 1. The first-order valence-corrected chi connectivity index (χ1v) is 7.66. The standard InChI is InChI=1S/C13H15BrCl2N2O/c1-18-4-2-8(3-5-18)17-13(19)9-6-12(16)10(14)7-11(9)15/h6-8H,2-5H2,1H3,(H,17,19). The number of halogens is 3. The SMILES string of the molecule is CN1CCC(NC(=O)c2cc(Cl)c(Br)cc2Cl)CC1. The fourth-order valence-corrected chi connectivity index (χ4v) is 3.00. The number of carbonyl (C=O) groups excluding carboxylic acids is 1. The van der Waals surface area contributed by atoms with Crippen molar-refractivity contribution < 1.29 is 4.79 Å². The molecule has 2 rings (SSSR count). The van der Waals surface area contributed by atoms with Crippen LogP contribution >= 0.6 is 39.1 Å². The summed E-state index contributed by atoms with van der Waals surface area (Å²) in [5.74, 6) is -0.158. The summed E-state index contributed by atoms with van der Waals surface area (Å²) in [5, 5.41) is 3.91. The van der Waals surface area contributed by atoms with Crippen molar-refractivity contribution in [3.63, 3.8) is 0 Å². The number of piperidine rings is 1. The van der Waals surface area contributed by atoms with Crippen LogP contribution in [0, 0.1) is 0 Å². The van der Waals surface area contributed by atoms with E-state index in [-0.39, 0.29) is 11.9 Å². The third-order valence-electron chi connectivity index (χ3n) is 3.31. The molecule has 6 heteroatoms. The largest absolute Gasteiger partial charge is 0.349 e. The minimum atomic E-state index is -0.158. The van der Waals surface area contributed by atoms with Crippen LogP contribution in [0.15, 0.2) is 16.6 Å². The summed E-state index contributed by atoms with van der Waals surface area (Å²) in [7, 11) is 2.09. The Morgan fingerprint density at radius 3 is 2.58 bits per heavy atom. The van der Waals surface area contributed by atoms with Crippen molar-refractivity contribution in [2.75, 3.05) is 20.1 Å². The maximum Gasteiger partial charge on any atom is 0.253 e. The van der Waals surface area contributed by atoms with E-state index >= 15 is 0 Å². The van der Waals surface area contributed by atoms with Gasteiger partial charge in [-0.25, -0.2) is 0 Å². The minimum absolute atomic E-state index is 0.158. The molecule has 3 nitrogen and oxygen atoms in total. The highest BCUT2D eigenvalue weighted by Gasteiger charge is 2.20. The van der Waals surface area contributed by atoms with Gasteiger partial charge in [-0.05, 0) is 61.0 Å². The predicted molar refractivity (Wildman–Crippen MR) is 82.1 cm³/mol. The Morgan fingerprint density at radius 1 is 1.32 bits per heavy atom. The van der Waals surface area contributed by atoms with E-state index in [1.165, 1.54) is 0 Å². The zero-order valence-corrected chi connectivity index (χ0v) is 13.6. The molecule has 1 aliphatic rings. The van der Waals surface area contributed by atoms with Crippen LogP contribution in [-0.2, 0) is 0 Å². The molecule has 0 spiro atoms. The molecule has 1 heterocycles. The lowest BCUT2D eigenvalue weighted by molar-refractivity contribution is 0.0917. The van der Waals surface area contributed by atoms with Gasteiger partial charge in [-0.1, -0.05) is 23.2 Å².